The largest absolute Gasteiger partial charge is 0.379 e. The summed E-state index contributed by atoms with van der Waals surface area (Å²) in [7, 11) is 0. The maximum absolute atomic E-state index is 13.4. The molecule has 1 aliphatic heterocycles. The molecule has 1 amide bonds. The number of halogens is 1. The first-order valence-corrected chi connectivity index (χ1v) is 11.4. The fourth-order valence-electron chi connectivity index (χ4n) is 6.84. The molecule has 0 spiro atoms. The van der Waals surface area contributed by atoms with Crippen molar-refractivity contribution in [1.82, 2.24) is 10.2 Å². The number of carbonyl (C=O) groups excluding carboxylic acids is 1. The summed E-state index contributed by atoms with van der Waals surface area (Å²) in [5.41, 5.74) is 1.02. The van der Waals surface area contributed by atoms with Crippen LogP contribution in [0.2, 0.25) is 5.02 Å². The predicted molar refractivity (Wildman–Crippen MR) is 110 cm³/mol. The molecule has 4 saturated carbocycles. The van der Waals surface area contributed by atoms with E-state index < -0.39 is 0 Å². The molecule has 0 radical (unpaired) electrons. The number of ether oxygens (including phenoxy) is 1. The second kappa shape index (κ2) is 7.62. The number of nitrogens with one attached hydrogen (secondary N) is 1. The van der Waals surface area contributed by atoms with Gasteiger partial charge in [-0.2, -0.15) is 0 Å². The van der Waals surface area contributed by atoms with Crippen LogP contribution in [-0.4, -0.2) is 43.7 Å². The van der Waals surface area contributed by atoms with Crippen LogP contribution in [0.4, 0.5) is 0 Å². The van der Waals surface area contributed by atoms with Crippen LogP contribution in [0.1, 0.15) is 50.1 Å². The van der Waals surface area contributed by atoms with Crippen LogP contribution < -0.4 is 5.32 Å². The molecule has 4 nitrogen and oxygen atoms in total. The standard InChI is InChI=1S/C23H31ClN2O2/c24-20-4-2-1-3-19(20)21(26-5-7-28-8-6-26)15-25-22(27)23-12-16-9-17(13-23)11-18(10-16)14-23/h1-4,16-18,21H,5-15H2,(H,25,27)/t16?,17?,18?,21-,23?/m0/s1. The van der Waals surface area contributed by atoms with Gasteiger partial charge in [0.15, 0.2) is 0 Å². The van der Waals surface area contributed by atoms with Crippen LogP contribution in [-0.2, 0) is 9.53 Å². The van der Waals surface area contributed by atoms with E-state index >= 15 is 0 Å². The molecule has 28 heavy (non-hydrogen) atoms. The summed E-state index contributed by atoms with van der Waals surface area (Å²) in [5.74, 6) is 2.67. The molecule has 1 saturated heterocycles. The molecule has 1 heterocycles. The summed E-state index contributed by atoms with van der Waals surface area (Å²) in [4.78, 5) is 15.8. The van der Waals surface area contributed by atoms with E-state index in [1.807, 2.05) is 18.2 Å². The van der Waals surface area contributed by atoms with Crippen molar-refractivity contribution in [1.29, 1.82) is 0 Å². The third-order valence-corrected chi connectivity index (χ3v) is 8.07. The third kappa shape index (κ3) is 3.48. The molecule has 6 rings (SSSR count). The fraction of sp³-hybridized carbons (Fsp3) is 0.696. The number of amides is 1. The number of carbonyl (C=O) groups is 1. The van der Waals surface area contributed by atoms with Crippen LogP contribution in [0.25, 0.3) is 0 Å². The van der Waals surface area contributed by atoms with Gasteiger partial charge in [-0.1, -0.05) is 29.8 Å². The number of hydrogen-bond donors (Lipinski definition) is 1. The summed E-state index contributed by atoms with van der Waals surface area (Å²) in [6, 6.07) is 8.16. The predicted octanol–water partition coefficient (Wildman–Crippen LogP) is 4.05. The molecule has 1 aromatic rings. The van der Waals surface area contributed by atoms with Gasteiger partial charge in [0.2, 0.25) is 5.91 Å². The van der Waals surface area contributed by atoms with Gasteiger partial charge in [-0.25, -0.2) is 0 Å². The minimum atomic E-state index is -0.0925. The summed E-state index contributed by atoms with van der Waals surface area (Å²) in [6.07, 6.45) is 7.42. The zero-order valence-electron chi connectivity index (χ0n) is 16.5. The summed E-state index contributed by atoms with van der Waals surface area (Å²) in [5, 5.41) is 4.16. The average molecular weight is 403 g/mol. The van der Waals surface area contributed by atoms with E-state index in [1.165, 1.54) is 19.3 Å². The van der Waals surface area contributed by atoms with E-state index in [2.05, 4.69) is 16.3 Å². The van der Waals surface area contributed by atoms with Crippen molar-refractivity contribution in [2.75, 3.05) is 32.8 Å². The smallest absolute Gasteiger partial charge is 0.226 e. The summed E-state index contributed by atoms with van der Waals surface area (Å²) >= 11 is 6.54. The highest BCUT2D eigenvalue weighted by atomic mass is 35.5. The Morgan fingerprint density at radius 3 is 2.32 bits per heavy atom. The molecule has 1 aromatic carbocycles. The van der Waals surface area contributed by atoms with Gasteiger partial charge in [0, 0.05) is 30.1 Å². The van der Waals surface area contributed by atoms with Gasteiger partial charge in [0.1, 0.15) is 0 Å². The van der Waals surface area contributed by atoms with Crippen molar-refractivity contribution < 1.29 is 9.53 Å². The lowest BCUT2D eigenvalue weighted by Gasteiger charge is -2.55. The Bertz CT molecular complexity index is 696. The molecule has 5 heteroatoms. The van der Waals surface area contributed by atoms with E-state index in [4.69, 9.17) is 16.3 Å². The quantitative estimate of drug-likeness (QED) is 0.807. The summed E-state index contributed by atoms with van der Waals surface area (Å²) < 4.78 is 5.54. The van der Waals surface area contributed by atoms with Crippen LogP contribution in [0, 0.1) is 23.2 Å². The van der Waals surface area contributed by atoms with Crippen LogP contribution in [0.3, 0.4) is 0 Å². The van der Waals surface area contributed by atoms with Crippen molar-refractivity contribution >= 4 is 17.5 Å². The van der Waals surface area contributed by atoms with Crippen molar-refractivity contribution in [2.24, 2.45) is 23.2 Å². The van der Waals surface area contributed by atoms with E-state index in [0.29, 0.717) is 12.5 Å². The Morgan fingerprint density at radius 2 is 1.71 bits per heavy atom. The minimum Gasteiger partial charge on any atom is -0.379 e. The maximum atomic E-state index is 13.4. The van der Waals surface area contributed by atoms with Gasteiger partial charge < -0.3 is 10.1 Å². The zero-order valence-corrected chi connectivity index (χ0v) is 17.3. The first-order chi connectivity index (χ1) is 13.6. The van der Waals surface area contributed by atoms with E-state index in [9.17, 15) is 4.79 Å². The lowest BCUT2D eigenvalue weighted by molar-refractivity contribution is -0.146. The third-order valence-electron chi connectivity index (χ3n) is 7.73. The van der Waals surface area contributed by atoms with Crippen LogP contribution in [0.5, 0.6) is 0 Å². The molecule has 5 fully saturated rings. The van der Waals surface area contributed by atoms with Crippen molar-refractivity contribution in [3.8, 4) is 0 Å². The lowest BCUT2D eigenvalue weighted by Crippen LogP contribution is -2.54. The Kier molecular flexibility index (Phi) is 5.14. The Morgan fingerprint density at radius 1 is 1.11 bits per heavy atom. The highest BCUT2D eigenvalue weighted by Crippen LogP contribution is 2.60. The average Bonchev–Trinajstić information content (AvgIpc) is 2.69. The Balaban J connectivity index is 1.32. The number of nitrogens with zero attached hydrogens (tertiary/aromatic N) is 1. The fourth-order valence-corrected chi connectivity index (χ4v) is 7.10. The van der Waals surface area contributed by atoms with E-state index in [1.54, 1.807) is 0 Å². The molecule has 4 bridgehead atoms. The van der Waals surface area contributed by atoms with Crippen LogP contribution >= 0.6 is 11.6 Å². The highest BCUT2D eigenvalue weighted by Gasteiger charge is 2.54. The maximum Gasteiger partial charge on any atom is 0.226 e. The van der Waals surface area contributed by atoms with Gasteiger partial charge >= 0.3 is 0 Å². The van der Waals surface area contributed by atoms with Crippen LogP contribution in [0.15, 0.2) is 24.3 Å². The van der Waals surface area contributed by atoms with Gasteiger partial charge in [-0.15, -0.1) is 0 Å². The van der Waals surface area contributed by atoms with Gasteiger partial charge in [0.05, 0.1) is 19.3 Å². The normalized spacial score (nSPS) is 35.7. The van der Waals surface area contributed by atoms with Gasteiger partial charge in [-0.05, 0) is 67.9 Å². The number of rotatable bonds is 5. The monoisotopic (exact) mass is 402 g/mol. The second-order valence-corrected chi connectivity index (χ2v) is 10.0. The molecular formula is C23H31ClN2O2. The highest BCUT2D eigenvalue weighted by molar-refractivity contribution is 6.31. The second-order valence-electron chi connectivity index (χ2n) is 9.59. The van der Waals surface area contributed by atoms with Gasteiger partial charge in [0.25, 0.3) is 0 Å². The number of morpholine rings is 1. The molecule has 5 aliphatic rings. The first-order valence-electron chi connectivity index (χ1n) is 11.0. The molecule has 4 aliphatic carbocycles. The molecule has 1 N–H and O–H groups in total. The van der Waals surface area contributed by atoms with Crippen molar-refractivity contribution in [3.63, 3.8) is 0 Å². The summed E-state index contributed by atoms with van der Waals surface area (Å²) in [6.45, 7) is 3.87. The topological polar surface area (TPSA) is 41.6 Å². The number of hydrogen-bond acceptors (Lipinski definition) is 3. The Labute approximate surface area is 173 Å². The molecular weight excluding hydrogens is 372 g/mol. The molecule has 1 atom stereocenters. The molecule has 152 valence electrons. The lowest BCUT2D eigenvalue weighted by atomic mass is 9.49. The van der Waals surface area contributed by atoms with Crippen molar-refractivity contribution in [2.45, 2.75) is 44.6 Å². The SMILES string of the molecule is O=C(NC[C@@H](c1ccccc1Cl)N1CCOCC1)C12CC3CC(CC(C3)C1)C2. The first kappa shape index (κ1) is 18.9. The van der Waals surface area contributed by atoms with E-state index in [-0.39, 0.29) is 11.5 Å². The minimum absolute atomic E-state index is 0.0925. The van der Waals surface area contributed by atoms with E-state index in [0.717, 1.165) is 73.9 Å². The zero-order chi connectivity index (χ0) is 19.1. The molecule has 0 aromatic heterocycles. The molecule has 0 unspecified atom stereocenters. The van der Waals surface area contributed by atoms with Gasteiger partial charge in [-0.3, -0.25) is 9.69 Å². The number of benzene rings is 1. The Hall–Kier alpha value is -1.10. The van der Waals surface area contributed by atoms with Crippen molar-refractivity contribution in [3.05, 3.63) is 34.9 Å².